The molecule has 8 heteroatoms. The fraction of sp³-hybridized carbons (Fsp3) is 0.474. The molecule has 1 N–H and O–H groups in total. The van der Waals surface area contributed by atoms with Crippen LogP contribution in [0.3, 0.4) is 0 Å². The second kappa shape index (κ2) is 9.73. The number of halogens is 2. The number of aryl methyl sites for hydroxylation is 1. The van der Waals surface area contributed by atoms with E-state index in [1.807, 2.05) is 36.6 Å². The Hall–Kier alpha value is -1.34. The van der Waals surface area contributed by atoms with Crippen LogP contribution in [0.15, 0.2) is 29.6 Å². The van der Waals surface area contributed by atoms with Crippen LogP contribution in [0.5, 0.6) is 5.75 Å². The number of fused-ring (bicyclic) bond motifs is 2. The number of nitrogens with zero attached hydrogens (tertiary/aromatic N) is 2. The van der Waals surface area contributed by atoms with E-state index < -0.39 is 0 Å². The standard InChI is InChI=1S/C19H23N3O2S.2ClH/c1-13-21-15(12-25-13)11-24-18-4-2-3-14(9-18)19(23)22-16-5-6-17(22)10-20-8-7-16;;/h2-4,9,12,16-17,20H,5-8,10-11H2,1H3;2*1H. The monoisotopic (exact) mass is 429 g/mol. The third-order valence-electron chi connectivity index (χ3n) is 5.02. The van der Waals surface area contributed by atoms with Gasteiger partial charge in [-0.15, -0.1) is 36.2 Å². The third-order valence-corrected chi connectivity index (χ3v) is 5.85. The molecule has 148 valence electrons. The summed E-state index contributed by atoms with van der Waals surface area (Å²) in [5.74, 6) is 0.850. The van der Waals surface area contributed by atoms with Crippen molar-refractivity contribution in [1.82, 2.24) is 15.2 Å². The molecular weight excluding hydrogens is 405 g/mol. The van der Waals surface area contributed by atoms with Crippen molar-refractivity contribution in [2.75, 3.05) is 13.1 Å². The molecule has 2 aliphatic heterocycles. The second-order valence-corrected chi connectivity index (χ2v) is 7.83. The van der Waals surface area contributed by atoms with E-state index in [9.17, 15) is 4.79 Å². The van der Waals surface area contributed by atoms with E-state index in [1.165, 1.54) is 0 Å². The van der Waals surface area contributed by atoms with Gasteiger partial charge in [-0.1, -0.05) is 6.07 Å². The predicted octanol–water partition coefficient (Wildman–Crippen LogP) is 3.84. The Kier molecular flexibility index (Phi) is 7.91. The molecule has 4 rings (SSSR count). The molecule has 0 saturated carbocycles. The maximum absolute atomic E-state index is 13.1. The largest absolute Gasteiger partial charge is 0.487 e. The molecule has 3 heterocycles. The van der Waals surface area contributed by atoms with Crippen molar-refractivity contribution in [2.45, 2.75) is 44.9 Å². The number of benzene rings is 1. The van der Waals surface area contributed by atoms with Gasteiger partial charge in [-0.05, 0) is 50.9 Å². The van der Waals surface area contributed by atoms with Crippen LogP contribution in [0.4, 0.5) is 0 Å². The van der Waals surface area contributed by atoms with Gasteiger partial charge in [0, 0.05) is 29.6 Å². The van der Waals surface area contributed by atoms with E-state index in [-0.39, 0.29) is 30.7 Å². The lowest BCUT2D eigenvalue weighted by atomic mass is 10.1. The number of ether oxygens (including phenoxy) is 1. The van der Waals surface area contributed by atoms with E-state index in [1.54, 1.807) is 11.3 Å². The van der Waals surface area contributed by atoms with Crippen molar-refractivity contribution < 1.29 is 9.53 Å². The van der Waals surface area contributed by atoms with Gasteiger partial charge in [-0.2, -0.15) is 0 Å². The summed E-state index contributed by atoms with van der Waals surface area (Å²) in [6.07, 6.45) is 3.27. The molecule has 1 aromatic heterocycles. The van der Waals surface area contributed by atoms with Crippen LogP contribution in [0.1, 0.15) is 40.3 Å². The Morgan fingerprint density at radius 2 is 2.11 bits per heavy atom. The molecule has 27 heavy (non-hydrogen) atoms. The Labute approximate surface area is 176 Å². The summed E-state index contributed by atoms with van der Waals surface area (Å²) >= 11 is 1.62. The van der Waals surface area contributed by atoms with E-state index in [0.29, 0.717) is 24.3 Å². The quantitative estimate of drug-likeness (QED) is 0.801. The zero-order valence-electron chi connectivity index (χ0n) is 15.2. The van der Waals surface area contributed by atoms with Crippen molar-refractivity contribution in [3.05, 3.63) is 45.9 Å². The minimum Gasteiger partial charge on any atom is -0.487 e. The molecule has 2 aromatic rings. The summed E-state index contributed by atoms with van der Waals surface area (Å²) in [6, 6.07) is 8.23. The zero-order valence-corrected chi connectivity index (χ0v) is 17.7. The van der Waals surface area contributed by atoms with Crippen LogP contribution < -0.4 is 10.1 Å². The lowest BCUT2D eigenvalue weighted by Crippen LogP contribution is -2.42. The van der Waals surface area contributed by atoms with Crippen molar-refractivity contribution in [2.24, 2.45) is 0 Å². The van der Waals surface area contributed by atoms with Gasteiger partial charge in [0.05, 0.1) is 10.7 Å². The number of thiazole rings is 1. The summed E-state index contributed by atoms with van der Waals surface area (Å²) in [6.45, 7) is 4.32. The van der Waals surface area contributed by atoms with Crippen LogP contribution in [0, 0.1) is 6.92 Å². The van der Waals surface area contributed by atoms with Gasteiger partial charge >= 0.3 is 0 Å². The summed E-state index contributed by atoms with van der Waals surface area (Å²) in [5, 5.41) is 6.48. The fourth-order valence-corrected chi connectivity index (χ4v) is 4.41. The predicted molar refractivity (Wildman–Crippen MR) is 113 cm³/mol. The average Bonchev–Trinajstić information content (AvgIpc) is 3.14. The molecule has 1 amide bonds. The summed E-state index contributed by atoms with van der Waals surface area (Å²) in [7, 11) is 0. The number of rotatable bonds is 4. The van der Waals surface area contributed by atoms with Crippen LogP contribution in [-0.4, -0.2) is 41.0 Å². The van der Waals surface area contributed by atoms with Gasteiger partial charge in [0.15, 0.2) is 0 Å². The van der Waals surface area contributed by atoms with Crippen LogP contribution in [0.2, 0.25) is 0 Å². The first-order valence-corrected chi connectivity index (χ1v) is 9.76. The first kappa shape index (κ1) is 22.0. The van der Waals surface area contributed by atoms with Crippen LogP contribution in [0.25, 0.3) is 0 Å². The van der Waals surface area contributed by atoms with Gasteiger partial charge in [-0.25, -0.2) is 4.98 Å². The van der Waals surface area contributed by atoms with E-state index >= 15 is 0 Å². The van der Waals surface area contributed by atoms with Gasteiger partial charge < -0.3 is 15.0 Å². The molecule has 0 spiro atoms. The minimum atomic E-state index is 0. The normalized spacial score (nSPS) is 21.0. The number of hydrogen-bond acceptors (Lipinski definition) is 5. The summed E-state index contributed by atoms with van der Waals surface area (Å²) < 4.78 is 5.84. The zero-order chi connectivity index (χ0) is 17.2. The van der Waals surface area contributed by atoms with E-state index in [2.05, 4.69) is 15.2 Å². The Bertz CT molecular complexity index is 757. The molecule has 0 radical (unpaired) electrons. The molecule has 0 aliphatic carbocycles. The van der Waals surface area contributed by atoms with Crippen molar-refractivity contribution >= 4 is 42.1 Å². The van der Waals surface area contributed by atoms with Gasteiger partial charge in [0.2, 0.25) is 0 Å². The highest BCUT2D eigenvalue weighted by Crippen LogP contribution is 2.30. The van der Waals surface area contributed by atoms with Gasteiger partial charge in [-0.3, -0.25) is 4.79 Å². The molecule has 5 nitrogen and oxygen atoms in total. The van der Waals surface area contributed by atoms with Crippen molar-refractivity contribution in [1.29, 1.82) is 0 Å². The number of nitrogens with one attached hydrogen (secondary N) is 1. The highest BCUT2D eigenvalue weighted by Gasteiger charge is 2.38. The number of amides is 1. The van der Waals surface area contributed by atoms with Gasteiger partial charge in [0.25, 0.3) is 5.91 Å². The average molecular weight is 430 g/mol. The Morgan fingerprint density at radius 3 is 2.89 bits per heavy atom. The molecule has 2 unspecified atom stereocenters. The highest BCUT2D eigenvalue weighted by atomic mass is 35.5. The fourth-order valence-electron chi connectivity index (χ4n) is 3.81. The maximum Gasteiger partial charge on any atom is 0.254 e. The smallest absolute Gasteiger partial charge is 0.254 e. The molecule has 2 aliphatic rings. The number of hydrogen-bond donors (Lipinski definition) is 1. The lowest BCUT2D eigenvalue weighted by Gasteiger charge is -2.28. The summed E-state index contributed by atoms with van der Waals surface area (Å²) in [5.41, 5.74) is 1.64. The maximum atomic E-state index is 13.1. The highest BCUT2D eigenvalue weighted by molar-refractivity contribution is 7.09. The van der Waals surface area contributed by atoms with E-state index in [0.717, 1.165) is 48.8 Å². The first-order valence-electron chi connectivity index (χ1n) is 8.88. The van der Waals surface area contributed by atoms with E-state index in [4.69, 9.17) is 4.74 Å². The lowest BCUT2D eigenvalue weighted by molar-refractivity contribution is 0.0680. The number of carbonyl (C=O) groups excluding carboxylic acids is 1. The Morgan fingerprint density at radius 1 is 1.30 bits per heavy atom. The number of aromatic nitrogens is 1. The van der Waals surface area contributed by atoms with Gasteiger partial charge in [0.1, 0.15) is 12.4 Å². The van der Waals surface area contributed by atoms with Crippen LogP contribution >= 0.6 is 36.2 Å². The first-order chi connectivity index (χ1) is 12.2. The second-order valence-electron chi connectivity index (χ2n) is 6.76. The van der Waals surface area contributed by atoms with Crippen LogP contribution in [-0.2, 0) is 6.61 Å². The summed E-state index contributed by atoms with van der Waals surface area (Å²) in [4.78, 5) is 19.6. The third kappa shape index (κ3) is 4.93. The molecule has 1 aromatic carbocycles. The van der Waals surface area contributed by atoms with Crippen molar-refractivity contribution in [3.8, 4) is 5.75 Å². The van der Waals surface area contributed by atoms with Crippen molar-refractivity contribution in [3.63, 3.8) is 0 Å². The SMILES string of the molecule is Cc1nc(COc2cccc(C(=O)N3C4CCNCC3CC4)c2)cs1.Cl.Cl. The molecule has 2 bridgehead atoms. The molecule has 2 fully saturated rings. The number of carbonyl (C=O) groups is 1. The topological polar surface area (TPSA) is 54.5 Å². The molecule has 2 saturated heterocycles. The Balaban J connectivity index is 0.00000131. The molecular formula is C19H25Cl2N3O2S. The molecule has 2 atom stereocenters. The minimum absolute atomic E-state index is 0.